The monoisotopic (exact) mass is 265 g/mol. The van der Waals surface area contributed by atoms with Crippen LogP contribution in [0.3, 0.4) is 0 Å². The van der Waals surface area contributed by atoms with Crippen LogP contribution in [0.15, 0.2) is 30.5 Å². The van der Waals surface area contributed by atoms with Gasteiger partial charge in [0.05, 0.1) is 0 Å². The van der Waals surface area contributed by atoms with E-state index in [1.165, 1.54) is 6.07 Å². The normalized spacial score (nSPS) is 10.8. The largest absolute Gasteiger partial charge is 0.333 e. The topological polar surface area (TPSA) is 46.9 Å². The van der Waals surface area contributed by atoms with Crippen LogP contribution in [0.4, 0.5) is 14.5 Å². The van der Waals surface area contributed by atoms with Gasteiger partial charge < -0.3 is 5.32 Å². The first kappa shape index (κ1) is 13.2. The van der Waals surface area contributed by atoms with Crippen LogP contribution in [0.25, 0.3) is 0 Å². The molecule has 1 N–H and O–H groups in total. The molecule has 0 fully saturated rings. The molecule has 0 unspecified atom stereocenters. The molecule has 0 aliphatic heterocycles. The number of aryl methyl sites for hydroxylation is 2. The van der Waals surface area contributed by atoms with Gasteiger partial charge in [-0.2, -0.15) is 13.9 Å². The first-order chi connectivity index (χ1) is 8.97. The minimum Gasteiger partial charge on any atom is -0.320 e. The van der Waals surface area contributed by atoms with E-state index in [-0.39, 0.29) is 5.69 Å². The van der Waals surface area contributed by atoms with E-state index in [1.807, 2.05) is 32.0 Å². The van der Waals surface area contributed by atoms with Crippen LogP contribution >= 0.6 is 0 Å². The third kappa shape index (κ3) is 2.96. The summed E-state index contributed by atoms with van der Waals surface area (Å²) in [5, 5.41) is 6.17. The smallest absolute Gasteiger partial charge is 0.320 e. The van der Waals surface area contributed by atoms with Crippen molar-refractivity contribution in [1.82, 2.24) is 9.78 Å². The second-order valence-electron chi connectivity index (χ2n) is 4.23. The minimum atomic E-state index is -2.75. The Morgan fingerprint density at radius 2 is 2.05 bits per heavy atom. The van der Waals surface area contributed by atoms with Gasteiger partial charge >= 0.3 is 6.55 Å². The first-order valence-electron chi connectivity index (χ1n) is 5.69. The van der Waals surface area contributed by atoms with Gasteiger partial charge in [0.25, 0.3) is 5.91 Å². The number of hydrogen-bond donors (Lipinski definition) is 1. The second-order valence-corrected chi connectivity index (χ2v) is 4.23. The molecular formula is C13H13F2N3O. The quantitative estimate of drug-likeness (QED) is 0.926. The Labute approximate surface area is 109 Å². The number of anilines is 1. The maximum absolute atomic E-state index is 12.4. The number of carbonyl (C=O) groups excluding carboxylic acids is 1. The van der Waals surface area contributed by atoms with E-state index < -0.39 is 12.5 Å². The highest BCUT2D eigenvalue weighted by Crippen LogP contribution is 2.17. The van der Waals surface area contributed by atoms with Gasteiger partial charge in [-0.05, 0) is 37.1 Å². The van der Waals surface area contributed by atoms with Gasteiger partial charge in [-0.15, -0.1) is 0 Å². The summed E-state index contributed by atoms with van der Waals surface area (Å²) in [7, 11) is 0. The fourth-order valence-corrected chi connectivity index (χ4v) is 1.62. The zero-order valence-electron chi connectivity index (χ0n) is 10.5. The molecule has 2 rings (SSSR count). The summed E-state index contributed by atoms with van der Waals surface area (Å²) in [5.74, 6) is -0.506. The maximum Gasteiger partial charge on any atom is 0.333 e. The van der Waals surface area contributed by atoms with E-state index in [2.05, 4.69) is 10.4 Å². The Kier molecular flexibility index (Phi) is 3.59. The summed E-state index contributed by atoms with van der Waals surface area (Å²) in [5.41, 5.74) is 2.50. The maximum atomic E-state index is 12.4. The molecule has 2 aromatic rings. The summed E-state index contributed by atoms with van der Waals surface area (Å²) in [6, 6.07) is 6.88. The highest BCUT2D eigenvalue weighted by Gasteiger charge is 2.14. The molecule has 0 spiro atoms. The van der Waals surface area contributed by atoms with Crippen molar-refractivity contribution in [3.8, 4) is 0 Å². The van der Waals surface area contributed by atoms with Gasteiger partial charge in [-0.3, -0.25) is 4.79 Å². The lowest BCUT2D eigenvalue weighted by molar-refractivity contribution is 0.0561. The molecule has 4 nitrogen and oxygen atoms in total. The zero-order valence-corrected chi connectivity index (χ0v) is 10.5. The predicted molar refractivity (Wildman–Crippen MR) is 67.3 cm³/mol. The van der Waals surface area contributed by atoms with E-state index in [9.17, 15) is 13.6 Å². The summed E-state index contributed by atoms with van der Waals surface area (Å²) in [4.78, 5) is 11.9. The van der Waals surface area contributed by atoms with Gasteiger partial charge in [-0.25, -0.2) is 4.68 Å². The van der Waals surface area contributed by atoms with Gasteiger partial charge in [0.1, 0.15) is 0 Å². The second kappa shape index (κ2) is 5.17. The van der Waals surface area contributed by atoms with Crippen molar-refractivity contribution in [1.29, 1.82) is 0 Å². The van der Waals surface area contributed by atoms with Crippen LogP contribution in [0.5, 0.6) is 0 Å². The van der Waals surface area contributed by atoms with Crippen molar-refractivity contribution in [2.45, 2.75) is 20.4 Å². The highest BCUT2D eigenvalue weighted by molar-refractivity contribution is 6.03. The van der Waals surface area contributed by atoms with Crippen LogP contribution in [0, 0.1) is 13.8 Å². The molecule has 1 amide bonds. The fraction of sp³-hybridized carbons (Fsp3) is 0.231. The standard InChI is InChI=1S/C13H13F2N3O/c1-8-3-4-9(2)11(7-8)16-12(19)10-5-6-18(17-10)13(14)15/h3-7,13H,1-2H3,(H,16,19). The summed E-state index contributed by atoms with van der Waals surface area (Å²) < 4.78 is 25.2. The van der Waals surface area contributed by atoms with Crippen molar-refractivity contribution in [3.63, 3.8) is 0 Å². The van der Waals surface area contributed by atoms with E-state index >= 15 is 0 Å². The third-order valence-electron chi connectivity index (χ3n) is 2.68. The van der Waals surface area contributed by atoms with Crippen LogP contribution in [0.1, 0.15) is 28.2 Å². The third-order valence-corrected chi connectivity index (χ3v) is 2.68. The van der Waals surface area contributed by atoms with Crippen LogP contribution in [0.2, 0.25) is 0 Å². The van der Waals surface area contributed by atoms with Crippen molar-refractivity contribution in [2.75, 3.05) is 5.32 Å². The lowest BCUT2D eigenvalue weighted by Gasteiger charge is -2.08. The number of halogens is 2. The summed E-state index contributed by atoms with van der Waals surface area (Å²) in [6.07, 6.45) is 1.07. The van der Waals surface area contributed by atoms with Crippen LogP contribution < -0.4 is 5.32 Å². The first-order valence-corrected chi connectivity index (χ1v) is 5.69. The summed E-state index contributed by atoms with van der Waals surface area (Å²) in [6.45, 7) is 1.01. The molecule has 0 radical (unpaired) electrons. The summed E-state index contributed by atoms with van der Waals surface area (Å²) >= 11 is 0. The van der Waals surface area contributed by atoms with Crippen molar-refractivity contribution in [2.24, 2.45) is 0 Å². The molecule has 6 heteroatoms. The Morgan fingerprint density at radius 3 is 2.68 bits per heavy atom. The van der Waals surface area contributed by atoms with E-state index in [0.29, 0.717) is 10.4 Å². The molecule has 1 heterocycles. The van der Waals surface area contributed by atoms with Gasteiger partial charge in [0.2, 0.25) is 0 Å². The number of nitrogens with one attached hydrogen (secondary N) is 1. The molecule has 1 aromatic heterocycles. The molecule has 0 aliphatic carbocycles. The Hall–Kier alpha value is -2.24. The molecule has 0 saturated carbocycles. The Morgan fingerprint density at radius 1 is 1.32 bits per heavy atom. The van der Waals surface area contributed by atoms with Crippen molar-refractivity contribution in [3.05, 3.63) is 47.3 Å². The Balaban J connectivity index is 2.18. The number of alkyl halides is 2. The van der Waals surface area contributed by atoms with E-state index in [1.54, 1.807) is 0 Å². The molecule has 100 valence electrons. The number of hydrogen-bond acceptors (Lipinski definition) is 2. The average Bonchev–Trinajstić information content (AvgIpc) is 2.83. The lowest BCUT2D eigenvalue weighted by Crippen LogP contribution is -2.14. The van der Waals surface area contributed by atoms with Crippen LogP contribution in [-0.2, 0) is 0 Å². The SMILES string of the molecule is Cc1ccc(C)c(NC(=O)c2ccn(C(F)F)n2)c1. The zero-order chi connectivity index (χ0) is 14.0. The molecule has 0 aliphatic rings. The molecule has 0 atom stereocenters. The molecule has 19 heavy (non-hydrogen) atoms. The number of carbonyl (C=O) groups is 1. The van der Waals surface area contributed by atoms with Crippen molar-refractivity contribution < 1.29 is 13.6 Å². The molecular weight excluding hydrogens is 252 g/mol. The van der Waals surface area contributed by atoms with Gasteiger partial charge in [-0.1, -0.05) is 12.1 Å². The minimum absolute atomic E-state index is 0.0405. The van der Waals surface area contributed by atoms with E-state index in [4.69, 9.17) is 0 Å². The van der Waals surface area contributed by atoms with Crippen LogP contribution in [-0.4, -0.2) is 15.7 Å². The molecule has 0 bridgehead atoms. The number of benzene rings is 1. The predicted octanol–water partition coefficient (Wildman–Crippen LogP) is 3.15. The number of aromatic nitrogens is 2. The highest BCUT2D eigenvalue weighted by atomic mass is 19.3. The van der Waals surface area contributed by atoms with Gasteiger partial charge in [0.15, 0.2) is 5.69 Å². The van der Waals surface area contributed by atoms with E-state index in [0.717, 1.165) is 17.3 Å². The molecule has 0 saturated heterocycles. The fourth-order valence-electron chi connectivity index (χ4n) is 1.62. The van der Waals surface area contributed by atoms with Gasteiger partial charge in [0, 0.05) is 11.9 Å². The lowest BCUT2D eigenvalue weighted by atomic mass is 10.1. The van der Waals surface area contributed by atoms with Crippen molar-refractivity contribution >= 4 is 11.6 Å². The number of nitrogens with zero attached hydrogens (tertiary/aromatic N) is 2. The number of amides is 1. The molecule has 1 aromatic carbocycles. The average molecular weight is 265 g/mol. The Bertz CT molecular complexity index is 608. The number of rotatable bonds is 3.